The van der Waals surface area contributed by atoms with Crippen LogP contribution in [0.2, 0.25) is 0 Å². The highest BCUT2D eigenvalue weighted by Gasteiger charge is 2.56. The fraction of sp³-hybridized carbons (Fsp3) is 0.556. The Morgan fingerprint density at radius 3 is 2.35 bits per heavy atom. The van der Waals surface area contributed by atoms with E-state index in [-0.39, 0.29) is 17.9 Å². The van der Waals surface area contributed by atoms with Crippen LogP contribution in [0.1, 0.15) is 40.5 Å². The third-order valence-electron chi connectivity index (χ3n) is 3.79. The van der Waals surface area contributed by atoms with Gasteiger partial charge in [0.15, 0.2) is 0 Å². The molecule has 0 saturated heterocycles. The second kappa shape index (κ2) is 7.02. The van der Waals surface area contributed by atoms with E-state index in [0.29, 0.717) is 36.7 Å². The zero-order valence-corrected chi connectivity index (χ0v) is 14.3. The predicted molar refractivity (Wildman–Crippen MR) is 90.4 cm³/mol. The molecule has 1 aliphatic rings. The lowest BCUT2D eigenvalue weighted by molar-refractivity contribution is -0.134. The highest BCUT2D eigenvalue weighted by atomic mass is 16.5. The van der Waals surface area contributed by atoms with Gasteiger partial charge in [-0.15, -0.1) is 0 Å². The molecule has 2 N–H and O–H groups in total. The molecule has 0 bridgehead atoms. The third kappa shape index (κ3) is 4.24. The molecule has 126 valence electrons. The molecule has 1 saturated carbocycles. The summed E-state index contributed by atoms with van der Waals surface area (Å²) in [5, 5.41) is 5.73. The van der Waals surface area contributed by atoms with Crippen LogP contribution in [0.4, 0.5) is 5.69 Å². The summed E-state index contributed by atoms with van der Waals surface area (Å²) in [5.74, 6) is 0.553. The summed E-state index contributed by atoms with van der Waals surface area (Å²) in [6, 6.07) is 7.29. The zero-order valence-electron chi connectivity index (χ0n) is 14.3. The SMILES string of the molecule is CC(C)CNC(=O)C1(C(=O)Nc2ccccc2OC(C)C)CC1. The molecule has 5 nitrogen and oxygen atoms in total. The van der Waals surface area contributed by atoms with E-state index in [1.165, 1.54) is 0 Å². The van der Waals surface area contributed by atoms with Gasteiger partial charge in [0.2, 0.25) is 11.8 Å². The number of benzene rings is 1. The molecule has 0 aliphatic heterocycles. The van der Waals surface area contributed by atoms with Gasteiger partial charge in [0.25, 0.3) is 0 Å². The second-order valence-corrected chi connectivity index (χ2v) is 6.80. The summed E-state index contributed by atoms with van der Waals surface area (Å²) in [6.45, 7) is 8.50. The number of nitrogens with one attached hydrogen (secondary N) is 2. The van der Waals surface area contributed by atoms with Crippen molar-refractivity contribution in [1.82, 2.24) is 5.32 Å². The first-order valence-electron chi connectivity index (χ1n) is 8.20. The Morgan fingerprint density at radius 2 is 1.78 bits per heavy atom. The molecule has 2 amide bonds. The smallest absolute Gasteiger partial charge is 0.240 e. The molecular weight excluding hydrogens is 292 g/mol. The van der Waals surface area contributed by atoms with Crippen molar-refractivity contribution < 1.29 is 14.3 Å². The molecule has 0 unspecified atom stereocenters. The molecule has 0 aromatic heterocycles. The number of hydrogen-bond acceptors (Lipinski definition) is 3. The standard InChI is InChI=1S/C18H26N2O3/c1-12(2)11-19-16(21)18(9-10-18)17(22)20-14-7-5-6-8-15(14)23-13(3)4/h5-8,12-13H,9-11H2,1-4H3,(H,19,21)(H,20,22). The Kier molecular flexibility index (Phi) is 5.29. The lowest BCUT2D eigenvalue weighted by Crippen LogP contribution is -2.41. The summed E-state index contributed by atoms with van der Waals surface area (Å²) in [4.78, 5) is 24.9. The van der Waals surface area contributed by atoms with Crippen molar-refractivity contribution >= 4 is 17.5 Å². The van der Waals surface area contributed by atoms with E-state index >= 15 is 0 Å². The van der Waals surface area contributed by atoms with Crippen LogP contribution in [-0.2, 0) is 9.59 Å². The maximum atomic E-state index is 12.6. The summed E-state index contributed by atoms with van der Waals surface area (Å²) < 4.78 is 5.70. The molecule has 0 radical (unpaired) electrons. The molecule has 1 fully saturated rings. The quantitative estimate of drug-likeness (QED) is 0.760. The molecule has 2 rings (SSSR count). The molecule has 1 aromatic carbocycles. The van der Waals surface area contributed by atoms with Crippen molar-refractivity contribution in [3.8, 4) is 5.75 Å². The maximum Gasteiger partial charge on any atom is 0.240 e. The number of hydrogen-bond donors (Lipinski definition) is 2. The van der Waals surface area contributed by atoms with Gasteiger partial charge in [-0.25, -0.2) is 0 Å². The first kappa shape index (κ1) is 17.3. The van der Waals surface area contributed by atoms with Gasteiger partial charge in [-0.2, -0.15) is 0 Å². The number of rotatable bonds is 7. The van der Waals surface area contributed by atoms with Crippen LogP contribution in [0, 0.1) is 11.3 Å². The Labute approximate surface area is 137 Å². The van der Waals surface area contributed by atoms with Gasteiger partial charge < -0.3 is 15.4 Å². The second-order valence-electron chi connectivity index (χ2n) is 6.80. The lowest BCUT2D eigenvalue weighted by atomic mass is 10.0. The topological polar surface area (TPSA) is 67.4 Å². The highest BCUT2D eigenvalue weighted by Crippen LogP contribution is 2.47. The van der Waals surface area contributed by atoms with Crippen molar-refractivity contribution in [1.29, 1.82) is 0 Å². The summed E-state index contributed by atoms with van der Waals surface area (Å²) in [7, 11) is 0. The Balaban J connectivity index is 2.06. The minimum Gasteiger partial charge on any atom is -0.489 e. The highest BCUT2D eigenvalue weighted by molar-refractivity contribution is 6.13. The Morgan fingerprint density at radius 1 is 1.13 bits per heavy atom. The average molecular weight is 318 g/mol. The monoisotopic (exact) mass is 318 g/mol. The van der Waals surface area contributed by atoms with Gasteiger partial charge in [0.05, 0.1) is 11.8 Å². The molecule has 0 spiro atoms. The number of amides is 2. The van der Waals surface area contributed by atoms with Crippen molar-refractivity contribution in [2.75, 3.05) is 11.9 Å². The molecule has 1 aliphatic carbocycles. The Bertz CT molecular complexity index is 577. The minimum absolute atomic E-state index is 0.0114. The van der Waals surface area contributed by atoms with Crippen molar-refractivity contribution in [2.45, 2.75) is 46.6 Å². The van der Waals surface area contributed by atoms with Crippen molar-refractivity contribution in [2.24, 2.45) is 11.3 Å². The van der Waals surface area contributed by atoms with E-state index in [1.807, 2.05) is 45.9 Å². The molecule has 0 atom stereocenters. The van der Waals surface area contributed by atoms with Crippen LogP contribution in [0.15, 0.2) is 24.3 Å². The van der Waals surface area contributed by atoms with E-state index in [1.54, 1.807) is 6.07 Å². The van der Waals surface area contributed by atoms with Gasteiger partial charge in [0.1, 0.15) is 11.2 Å². The molecule has 1 aromatic rings. The normalized spacial score (nSPS) is 15.4. The van der Waals surface area contributed by atoms with Crippen molar-refractivity contribution in [3.05, 3.63) is 24.3 Å². The summed E-state index contributed by atoms with van der Waals surface area (Å²) in [6.07, 6.45) is 1.20. The number of carbonyl (C=O) groups is 2. The maximum absolute atomic E-state index is 12.6. The molecule has 23 heavy (non-hydrogen) atoms. The number of ether oxygens (including phenoxy) is 1. The minimum atomic E-state index is -0.917. The van der Waals surface area contributed by atoms with Gasteiger partial charge in [-0.3, -0.25) is 9.59 Å². The number of carbonyl (C=O) groups excluding carboxylic acids is 2. The molecule has 5 heteroatoms. The summed E-state index contributed by atoms with van der Waals surface area (Å²) in [5.41, 5.74) is -0.311. The van der Waals surface area contributed by atoms with Crippen molar-refractivity contribution in [3.63, 3.8) is 0 Å². The first-order valence-corrected chi connectivity index (χ1v) is 8.20. The van der Waals surface area contributed by atoms with E-state index in [4.69, 9.17) is 4.74 Å². The molecule has 0 heterocycles. The number of anilines is 1. The van der Waals surface area contributed by atoms with E-state index < -0.39 is 5.41 Å². The van der Waals surface area contributed by atoms with Gasteiger partial charge in [0, 0.05) is 6.54 Å². The molecular formula is C18H26N2O3. The van der Waals surface area contributed by atoms with Gasteiger partial charge in [-0.1, -0.05) is 26.0 Å². The predicted octanol–water partition coefficient (Wildman–Crippen LogP) is 2.96. The zero-order chi connectivity index (χ0) is 17.0. The Hall–Kier alpha value is -2.04. The van der Waals surface area contributed by atoms with Crippen LogP contribution in [0.3, 0.4) is 0 Å². The average Bonchev–Trinajstić information content (AvgIpc) is 3.28. The van der Waals surface area contributed by atoms with Crippen LogP contribution in [0.25, 0.3) is 0 Å². The van der Waals surface area contributed by atoms with E-state index in [2.05, 4.69) is 10.6 Å². The number of para-hydroxylation sites is 2. The fourth-order valence-corrected chi connectivity index (χ4v) is 2.32. The third-order valence-corrected chi connectivity index (χ3v) is 3.79. The fourth-order valence-electron chi connectivity index (χ4n) is 2.32. The van der Waals surface area contributed by atoms with Crippen LogP contribution >= 0.6 is 0 Å². The van der Waals surface area contributed by atoms with Gasteiger partial charge >= 0.3 is 0 Å². The lowest BCUT2D eigenvalue weighted by Gasteiger charge is -2.19. The van der Waals surface area contributed by atoms with E-state index in [9.17, 15) is 9.59 Å². The largest absolute Gasteiger partial charge is 0.489 e. The van der Waals surface area contributed by atoms with Crippen LogP contribution in [0.5, 0.6) is 5.75 Å². The van der Waals surface area contributed by atoms with Gasteiger partial charge in [-0.05, 0) is 44.7 Å². The first-order chi connectivity index (χ1) is 10.8. The van der Waals surface area contributed by atoms with Crippen LogP contribution < -0.4 is 15.4 Å². The summed E-state index contributed by atoms with van der Waals surface area (Å²) >= 11 is 0. The van der Waals surface area contributed by atoms with Crippen LogP contribution in [-0.4, -0.2) is 24.5 Å². The van der Waals surface area contributed by atoms with E-state index in [0.717, 1.165) is 0 Å².